The molecule has 2 N–H and O–H groups in total. The Morgan fingerprint density at radius 3 is 2.79 bits per heavy atom. The molecule has 4 nitrogen and oxygen atoms in total. The lowest BCUT2D eigenvalue weighted by Crippen LogP contribution is -2.45. The Morgan fingerprint density at radius 2 is 2.11 bits per heavy atom. The van der Waals surface area contributed by atoms with E-state index in [-0.39, 0.29) is 0 Å². The fourth-order valence-corrected chi connectivity index (χ4v) is 2.35. The molecule has 1 aromatic rings. The van der Waals surface area contributed by atoms with Crippen molar-refractivity contribution < 1.29 is 0 Å². The van der Waals surface area contributed by atoms with E-state index in [0.717, 1.165) is 23.7 Å². The zero-order chi connectivity index (χ0) is 13.8. The highest BCUT2D eigenvalue weighted by Gasteiger charge is 2.15. The summed E-state index contributed by atoms with van der Waals surface area (Å²) in [5.41, 5.74) is 6.39. The van der Waals surface area contributed by atoms with Crippen molar-refractivity contribution in [3.8, 4) is 0 Å². The fourth-order valence-electron chi connectivity index (χ4n) is 2.35. The predicted molar refractivity (Wildman–Crippen MR) is 80.6 cm³/mol. The van der Waals surface area contributed by atoms with Crippen LogP contribution in [-0.2, 0) is 0 Å². The fraction of sp³-hybridized carbons (Fsp3) is 0.467. The SMILES string of the molecule is C/C(=N\NC1=NC(C)CC(C)N1)c1ccccc1C. The molecule has 0 aliphatic carbocycles. The Balaban J connectivity index is 2.09. The highest BCUT2D eigenvalue weighted by molar-refractivity contribution is 6.00. The molecule has 2 rings (SSSR count). The number of aliphatic imine (C=N–C) groups is 1. The number of benzene rings is 1. The van der Waals surface area contributed by atoms with E-state index in [1.54, 1.807) is 0 Å². The molecule has 0 spiro atoms. The molecule has 2 atom stereocenters. The van der Waals surface area contributed by atoms with E-state index in [2.05, 4.69) is 53.7 Å². The second-order valence-electron chi connectivity index (χ2n) is 5.23. The first-order chi connectivity index (χ1) is 9.06. The smallest absolute Gasteiger partial charge is 0.212 e. The third-order valence-corrected chi connectivity index (χ3v) is 3.29. The summed E-state index contributed by atoms with van der Waals surface area (Å²) in [6, 6.07) is 9.01. The first-order valence-corrected chi connectivity index (χ1v) is 6.77. The minimum absolute atomic E-state index is 0.340. The quantitative estimate of drug-likeness (QED) is 0.632. The third-order valence-electron chi connectivity index (χ3n) is 3.29. The normalized spacial score (nSPS) is 23.6. The van der Waals surface area contributed by atoms with Crippen molar-refractivity contribution in [1.82, 2.24) is 10.7 Å². The number of nitrogens with zero attached hydrogens (tertiary/aromatic N) is 2. The van der Waals surface area contributed by atoms with E-state index >= 15 is 0 Å². The summed E-state index contributed by atoms with van der Waals surface area (Å²) in [4.78, 5) is 4.51. The molecule has 0 saturated carbocycles. The molecule has 1 aliphatic heterocycles. The molecule has 0 amide bonds. The Hall–Kier alpha value is -1.84. The predicted octanol–water partition coefficient (Wildman–Crippen LogP) is 2.43. The van der Waals surface area contributed by atoms with E-state index in [9.17, 15) is 0 Å². The number of hydrazone groups is 1. The third kappa shape index (κ3) is 3.56. The largest absolute Gasteiger partial charge is 0.352 e. The van der Waals surface area contributed by atoms with E-state index in [1.807, 2.05) is 19.1 Å². The van der Waals surface area contributed by atoms with Crippen LogP contribution in [0.15, 0.2) is 34.4 Å². The Labute approximate surface area is 115 Å². The van der Waals surface area contributed by atoms with Crippen molar-refractivity contribution in [2.45, 2.75) is 46.2 Å². The average Bonchev–Trinajstić information content (AvgIpc) is 2.35. The van der Waals surface area contributed by atoms with Gasteiger partial charge in [0.2, 0.25) is 5.96 Å². The Morgan fingerprint density at radius 1 is 1.37 bits per heavy atom. The van der Waals surface area contributed by atoms with Gasteiger partial charge in [0.15, 0.2) is 0 Å². The van der Waals surface area contributed by atoms with Gasteiger partial charge >= 0.3 is 0 Å². The minimum Gasteiger partial charge on any atom is -0.352 e. The first kappa shape index (κ1) is 13.6. The number of nitrogens with one attached hydrogen (secondary N) is 2. The maximum absolute atomic E-state index is 4.51. The molecule has 0 aromatic heterocycles. The molecular formula is C15H22N4. The zero-order valence-electron chi connectivity index (χ0n) is 12.1. The van der Waals surface area contributed by atoms with Gasteiger partial charge in [-0.15, -0.1) is 0 Å². The minimum atomic E-state index is 0.340. The number of aryl methyl sites for hydroxylation is 1. The van der Waals surface area contributed by atoms with Crippen molar-refractivity contribution in [3.05, 3.63) is 35.4 Å². The Kier molecular flexibility index (Phi) is 4.20. The molecular weight excluding hydrogens is 236 g/mol. The van der Waals surface area contributed by atoms with Crippen LogP contribution in [0.3, 0.4) is 0 Å². The molecule has 0 radical (unpaired) electrons. The van der Waals surface area contributed by atoms with E-state index in [1.165, 1.54) is 5.56 Å². The second-order valence-corrected chi connectivity index (χ2v) is 5.23. The van der Waals surface area contributed by atoms with Crippen LogP contribution in [0.1, 0.15) is 38.3 Å². The molecule has 2 unspecified atom stereocenters. The molecule has 0 saturated heterocycles. The topological polar surface area (TPSA) is 48.8 Å². The summed E-state index contributed by atoms with van der Waals surface area (Å²) in [6.45, 7) is 8.38. The lowest BCUT2D eigenvalue weighted by Gasteiger charge is -2.24. The molecule has 102 valence electrons. The molecule has 1 aromatic carbocycles. The van der Waals surface area contributed by atoms with E-state index in [4.69, 9.17) is 0 Å². The van der Waals surface area contributed by atoms with Crippen LogP contribution in [-0.4, -0.2) is 23.8 Å². The van der Waals surface area contributed by atoms with Gasteiger partial charge in [-0.25, -0.2) is 10.4 Å². The molecule has 19 heavy (non-hydrogen) atoms. The van der Waals surface area contributed by atoms with Gasteiger partial charge in [0.1, 0.15) is 0 Å². The van der Waals surface area contributed by atoms with Gasteiger partial charge < -0.3 is 5.32 Å². The Bertz CT molecular complexity index is 505. The number of guanidine groups is 1. The van der Waals surface area contributed by atoms with Crippen molar-refractivity contribution in [3.63, 3.8) is 0 Å². The average molecular weight is 258 g/mol. The summed E-state index contributed by atoms with van der Waals surface area (Å²) >= 11 is 0. The lowest BCUT2D eigenvalue weighted by atomic mass is 10.1. The van der Waals surface area contributed by atoms with Crippen LogP contribution in [0.25, 0.3) is 0 Å². The maximum atomic E-state index is 4.51. The number of rotatable bonds is 2. The van der Waals surface area contributed by atoms with Crippen LogP contribution in [0.5, 0.6) is 0 Å². The number of hydrogen-bond donors (Lipinski definition) is 2. The molecule has 4 heteroatoms. The summed E-state index contributed by atoms with van der Waals surface area (Å²) in [5, 5.41) is 7.72. The molecule has 0 bridgehead atoms. The van der Waals surface area contributed by atoms with Crippen LogP contribution >= 0.6 is 0 Å². The van der Waals surface area contributed by atoms with Crippen LogP contribution in [0.2, 0.25) is 0 Å². The molecule has 1 heterocycles. The van der Waals surface area contributed by atoms with E-state index < -0.39 is 0 Å². The van der Waals surface area contributed by atoms with Gasteiger partial charge in [-0.1, -0.05) is 24.3 Å². The van der Waals surface area contributed by atoms with Crippen molar-refractivity contribution in [1.29, 1.82) is 0 Å². The van der Waals surface area contributed by atoms with Crippen LogP contribution in [0.4, 0.5) is 0 Å². The molecule has 1 aliphatic rings. The van der Waals surface area contributed by atoms with E-state index in [0.29, 0.717) is 12.1 Å². The highest BCUT2D eigenvalue weighted by atomic mass is 15.4. The lowest BCUT2D eigenvalue weighted by molar-refractivity contribution is 0.502. The van der Waals surface area contributed by atoms with Gasteiger partial charge in [-0.3, -0.25) is 0 Å². The van der Waals surface area contributed by atoms with Gasteiger partial charge in [0.25, 0.3) is 0 Å². The highest BCUT2D eigenvalue weighted by Crippen LogP contribution is 2.09. The zero-order valence-corrected chi connectivity index (χ0v) is 12.1. The van der Waals surface area contributed by atoms with Crippen molar-refractivity contribution in [2.75, 3.05) is 0 Å². The standard InChI is InChI=1S/C15H22N4/c1-10-7-5-6-8-14(10)13(4)18-19-15-16-11(2)9-12(3)17-15/h5-8,11-12H,9H2,1-4H3,(H2,16,17,19)/b18-13+. The first-order valence-electron chi connectivity index (χ1n) is 6.77. The maximum Gasteiger partial charge on any atom is 0.212 e. The summed E-state index contributed by atoms with van der Waals surface area (Å²) in [6.07, 6.45) is 1.06. The number of hydrogen-bond acceptors (Lipinski definition) is 4. The van der Waals surface area contributed by atoms with Crippen molar-refractivity contribution in [2.24, 2.45) is 10.1 Å². The summed E-state index contributed by atoms with van der Waals surface area (Å²) in [7, 11) is 0. The monoisotopic (exact) mass is 258 g/mol. The summed E-state index contributed by atoms with van der Waals surface area (Å²) in [5.74, 6) is 0.763. The summed E-state index contributed by atoms with van der Waals surface area (Å²) < 4.78 is 0. The van der Waals surface area contributed by atoms with Gasteiger partial charge in [-0.05, 0) is 39.7 Å². The van der Waals surface area contributed by atoms with Gasteiger partial charge in [-0.2, -0.15) is 5.10 Å². The molecule has 0 fully saturated rings. The second kappa shape index (κ2) is 5.87. The van der Waals surface area contributed by atoms with Gasteiger partial charge in [0, 0.05) is 11.6 Å². The van der Waals surface area contributed by atoms with Crippen LogP contribution < -0.4 is 10.7 Å². The van der Waals surface area contributed by atoms with Crippen molar-refractivity contribution >= 4 is 11.7 Å². The van der Waals surface area contributed by atoms with Crippen LogP contribution in [0, 0.1) is 6.92 Å². The van der Waals surface area contributed by atoms with Gasteiger partial charge in [0.05, 0.1) is 11.8 Å².